The van der Waals surface area contributed by atoms with Crippen molar-refractivity contribution in [3.05, 3.63) is 47.7 Å². The Morgan fingerprint density at radius 3 is 2.19 bits per heavy atom. The number of benzene rings is 2. The first-order valence-corrected chi connectivity index (χ1v) is 23.5. The van der Waals surface area contributed by atoms with Crippen molar-refractivity contribution in [1.82, 2.24) is 19.9 Å². The molecular weight excluding hydrogens is 769 g/mol. The number of anilines is 1. The van der Waals surface area contributed by atoms with E-state index in [1.54, 1.807) is 23.1 Å². The number of ether oxygens (including phenoxy) is 3. The van der Waals surface area contributed by atoms with E-state index in [2.05, 4.69) is 68.0 Å². The van der Waals surface area contributed by atoms with Crippen LogP contribution in [0.3, 0.4) is 0 Å². The average molecular weight is 822 g/mol. The van der Waals surface area contributed by atoms with Crippen molar-refractivity contribution >= 4 is 51.5 Å². The predicted molar refractivity (Wildman–Crippen MR) is 221 cm³/mol. The zero-order valence-corrected chi connectivity index (χ0v) is 36.5. The van der Waals surface area contributed by atoms with E-state index >= 15 is 8.78 Å². The Bertz CT molecular complexity index is 2360. The molecule has 2 unspecified atom stereocenters. The Balaban J connectivity index is 1.57. The molecule has 2 aliphatic heterocycles. The highest BCUT2D eigenvalue weighted by Gasteiger charge is 2.45. The number of hydrogen-bond acceptors (Lipinski definition) is 10. The molecule has 0 aliphatic carbocycles. The van der Waals surface area contributed by atoms with Gasteiger partial charge in [-0.1, -0.05) is 53.5 Å². The molecule has 2 aromatic heterocycles. The third kappa shape index (κ3) is 8.05. The van der Waals surface area contributed by atoms with Gasteiger partial charge >= 0.3 is 6.09 Å². The van der Waals surface area contributed by atoms with Crippen molar-refractivity contribution in [2.24, 2.45) is 0 Å². The summed E-state index contributed by atoms with van der Waals surface area (Å²) in [5, 5.41) is 0.511. The first-order chi connectivity index (χ1) is 26.7. The van der Waals surface area contributed by atoms with Gasteiger partial charge in [0.05, 0.1) is 23.0 Å². The number of hydrogen-bond donors (Lipinski definition) is 0. The first kappa shape index (κ1) is 42.2. The number of piperazine rings is 1. The highest BCUT2D eigenvalue weighted by atomic mass is 32.2. The fraction of sp³-hybridized carbons (Fsp3) is 0.524. The van der Waals surface area contributed by atoms with E-state index in [0.717, 1.165) is 6.26 Å². The molecule has 2 saturated heterocycles. The van der Waals surface area contributed by atoms with Gasteiger partial charge in [0.15, 0.2) is 12.6 Å². The molecule has 2 fully saturated rings. The molecular formula is C42H53F2N5O6SSi. The second-order valence-electron chi connectivity index (χ2n) is 17.2. The zero-order valence-electron chi connectivity index (χ0n) is 34.7. The number of sulfone groups is 1. The fourth-order valence-corrected chi connectivity index (χ4v) is 14.6. The summed E-state index contributed by atoms with van der Waals surface area (Å²) in [6.45, 7) is 19.0. The molecule has 2 aromatic carbocycles. The summed E-state index contributed by atoms with van der Waals surface area (Å²) >= 11 is 0. The maximum atomic E-state index is 17.4. The number of amides is 1. The monoisotopic (exact) mass is 821 g/mol. The number of nitrogens with zero attached hydrogens (tertiary/aromatic N) is 5. The van der Waals surface area contributed by atoms with Crippen LogP contribution in [0.2, 0.25) is 16.6 Å². The van der Waals surface area contributed by atoms with Gasteiger partial charge in [0.25, 0.3) is 0 Å². The molecule has 2 bridgehead atoms. The molecule has 15 heteroatoms. The van der Waals surface area contributed by atoms with E-state index in [-0.39, 0.29) is 69.0 Å². The number of methoxy groups -OCH3 is 1. The Kier molecular flexibility index (Phi) is 11.7. The summed E-state index contributed by atoms with van der Waals surface area (Å²) in [7, 11) is -4.89. The normalized spacial score (nSPS) is 17.5. The smallest absolute Gasteiger partial charge is 0.410 e. The molecule has 0 saturated carbocycles. The molecule has 4 heterocycles. The minimum Gasteiger partial charge on any atom is -0.468 e. The Labute approximate surface area is 335 Å². The Hall–Kier alpha value is -4.39. The van der Waals surface area contributed by atoms with E-state index in [9.17, 15) is 13.2 Å². The van der Waals surface area contributed by atoms with Crippen molar-refractivity contribution < 1.29 is 36.2 Å². The zero-order chi connectivity index (χ0) is 41.8. The first-order valence-electron chi connectivity index (χ1n) is 19.4. The van der Waals surface area contributed by atoms with Gasteiger partial charge in [0, 0.05) is 43.6 Å². The molecule has 4 aromatic rings. The van der Waals surface area contributed by atoms with Gasteiger partial charge in [-0.05, 0) is 73.8 Å². The number of halogens is 2. The molecule has 11 nitrogen and oxygen atoms in total. The van der Waals surface area contributed by atoms with Crippen LogP contribution in [0.4, 0.5) is 19.4 Å². The van der Waals surface area contributed by atoms with Crippen LogP contribution in [0.15, 0.2) is 35.6 Å². The van der Waals surface area contributed by atoms with Crippen molar-refractivity contribution in [2.45, 2.75) is 115 Å². The van der Waals surface area contributed by atoms with E-state index in [1.165, 1.54) is 19.4 Å². The third-order valence-electron chi connectivity index (χ3n) is 11.3. The second kappa shape index (κ2) is 15.7. The van der Waals surface area contributed by atoms with E-state index < -0.39 is 46.4 Å². The summed E-state index contributed by atoms with van der Waals surface area (Å²) < 4.78 is 76.3. The number of carbonyl (C=O) groups excluding carboxylic acids is 1. The van der Waals surface area contributed by atoms with E-state index in [0.29, 0.717) is 42.5 Å². The van der Waals surface area contributed by atoms with Gasteiger partial charge in [-0.3, -0.25) is 9.88 Å². The lowest BCUT2D eigenvalue weighted by molar-refractivity contribution is 0.0122. The number of aromatic nitrogens is 3. The largest absolute Gasteiger partial charge is 0.468 e. The maximum Gasteiger partial charge on any atom is 0.410 e. The van der Waals surface area contributed by atoms with Gasteiger partial charge in [0.2, 0.25) is 15.0 Å². The van der Waals surface area contributed by atoms with Crippen LogP contribution < -0.4 is 9.64 Å². The van der Waals surface area contributed by atoms with Gasteiger partial charge in [-0.2, -0.15) is 0 Å². The number of pyridine rings is 1. The van der Waals surface area contributed by atoms with Crippen LogP contribution in [-0.2, 0) is 19.3 Å². The lowest BCUT2D eigenvalue weighted by Gasteiger charge is -2.42. The van der Waals surface area contributed by atoms with Crippen LogP contribution >= 0.6 is 0 Å². The van der Waals surface area contributed by atoms with Crippen LogP contribution in [0.1, 0.15) is 80.7 Å². The molecule has 2 aliphatic rings. The maximum absolute atomic E-state index is 17.4. The average Bonchev–Trinajstić information content (AvgIpc) is 3.39. The second-order valence-corrected chi connectivity index (χ2v) is 24.6. The van der Waals surface area contributed by atoms with Crippen molar-refractivity contribution in [3.63, 3.8) is 0 Å². The molecule has 1 amide bonds. The van der Waals surface area contributed by atoms with Crippen LogP contribution in [-0.4, -0.2) is 93.4 Å². The topological polar surface area (TPSA) is 124 Å². The van der Waals surface area contributed by atoms with Gasteiger partial charge in [-0.25, -0.2) is 32.0 Å². The SMILES string of the molecule is COCOc1cc(-c2ncc3c(N4CC5CCC(C4)N5C(=O)OC(C)(C)C)nc(S(C)(=O)=O)nc3c2F)c2c(C#C[Si](C(C)C)(C(C)C)C(C)C)c(F)ccc2c1. The molecule has 0 N–H and O–H groups in total. The molecule has 306 valence electrons. The fourth-order valence-electron chi connectivity index (χ4n) is 8.84. The van der Waals surface area contributed by atoms with E-state index in [4.69, 9.17) is 14.2 Å². The summed E-state index contributed by atoms with van der Waals surface area (Å²) in [4.78, 5) is 30.2. The number of rotatable bonds is 9. The van der Waals surface area contributed by atoms with Crippen molar-refractivity contribution in [2.75, 3.05) is 38.1 Å². The molecule has 0 spiro atoms. The quantitative estimate of drug-likeness (QED) is 0.0702. The molecule has 57 heavy (non-hydrogen) atoms. The lowest BCUT2D eigenvalue weighted by Crippen LogP contribution is -2.57. The standard InChI is InChI=1S/C42H53F2N5O6SSi/c1-24(2)57(25(3)4,26(5)6)17-16-31-34(43)15-12-27-18-30(54-23-53-10)19-32(35(27)31)37-36(44)38-33(20-45-37)39(47-40(46-38)56(11,51)52)48-21-28-13-14-29(22-48)49(28)41(50)55-42(7,8)9/h12,15,18-20,24-26,28-29H,13-14,21-23H2,1-11H3. The van der Waals surface area contributed by atoms with Gasteiger partial charge < -0.3 is 19.1 Å². The van der Waals surface area contributed by atoms with Gasteiger partial charge in [0.1, 0.15) is 42.3 Å². The van der Waals surface area contributed by atoms with Crippen LogP contribution in [0.25, 0.3) is 32.9 Å². The third-order valence-corrected chi connectivity index (χ3v) is 18.4. The van der Waals surface area contributed by atoms with Crippen molar-refractivity contribution in [3.8, 4) is 28.5 Å². The summed E-state index contributed by atoms with van der Waals surface area (Å²) in [5.41, 5.74) is 3.63. The van der Waals surface area contributed by atoms with E-state index in [1.807, 2.05) is 25.7 Å². The van der Waals surface area contributed by atoms with Crippen LogP contribution in [0, 0.1) is 23.1 Å². The van der Waals surface area contributed by atoms with Crippen molar-refractivity contribution in [1.29, 1.82) is 0 Å². The molecule has 6 rings (SSSR count). The summed E-state index contributed by atoms with van der Waals surface area (Å²) in [5.74, 6) is 2.29. The van der Waals surface area contributed by atoms with Crippen LogP contribution in [0.5, 0.6) is 5.75 Å². The minimum absolute atomic E-state index is 0.102. The molecule has 2 atom stereocenters. The summed E-state index contributed by atoms with van der Waals surface area (Å²) in [6.07, 6.45) is 3.40. The van der Waals surface area contributed by atoms with Gasteiger partial charge in [-0.15, -0.1) is 5.54 Å². The lowest BCUT2D eigenvalue weighted by atomic mass is 9.95. The molecule has 0 radical (unpaired) electrons. The minimum atomic E-state index is -4.03. The number of fused-ring (bicyclic) bond motifs is 4. The summed E-state index contributed by atoms with van der Waals surface area (Å²) in [6, 6.07) is 5.74. The number of carbonyl (C=O) groups is 1. The Morgan fingerprint density at radius 2 is 1.63 bits per heavy atom. The Morgan fingerprint density at radius 1 is 1.00 bits per heavy atom. The predicted octanol–water partition coefficient (Wildman–Crippen LogP) is 8.67. The highest BCUT2D eigenvalue weighted by Crippen LogP contribution is 2.43. The highest BCUT2D eigenvalue weighted by molar-refractivity contribution is 7.90.